The van der Waals surface area contributed by atoms with E-state index in [-0.39, 0.29) is 16.8 Å². The van der Waals surface area contributed by atoms with E-state index in [1.54, 1.807) is 19.1 Å². The van der Waals surface area contributed by atoms with E-state index >= 15 is 0 Å². The fraction of sp³-hybridized carbons (Fsp3) is 0.333. The maximum absolute atomic E-state index is 12.1. The lowest BCUT2D eigenvalue weighted by Crippen LogP contribution is -2.34. The number of hydrogen-bond donors (Lipinski definition) is 0. The second-order valence-electron chi connectivity index (χ2n) is 3.31. The van der Waals surface area contributed by atoms with Gasteiger partial charge in [0.1, 0.15) is 5.88 Å². The molecule has 0 aromatic carbocycles. The molecule has 0 saturated heterocycles. The number of alkyl halides is 1. The predicted molar refractivity (Wildman–Crippen MR) is 62.0 cm³/mol. The van der Waals surface area contributed by atoms with Crippen LogP contribution in [0.2, 0.25) is 0 Å². The molecular formula is C9H10ClN3O3S. The Morgan fingerprint density at radius 2 is 2.29 bits per heavy atom. The molecule has 2 rings (SSSR count). The molecule has 1 aliphatic heterocycles. The predicted octanol–water partition coefficient (Wildman–Crippen LogP) is 1.00. The SMILES string of the molecule is C[C@@H]1N=C(CCl)ON1S(=O)(=O)c1ccccn1. The third kappa shape index (κ3) is 2.26. The highest BCUT2D eigenvalue weighted by molar-refractivity contribution is 7.89. The van der Waals surface area contributed by atoms with Crippen molar-refractivity contribution in [3.63, 3.8) is 0 Å². The van der Waals surface area contributed by atoms with Crippen LogP contribution in [0.4, 0.5) is 0 Å². The molecule has 1 aliphatic rings. The van der Waals surface area contributed by atoms with E-state index < -0.39 is 16.2 Å². The average Bonchev–Trinajstić information content (AvgIpc) is 2.72. The Morgan fingerprint density at radius 3 is 2.82 bits per heavy atom. The Balaban J connectivity index is 2.31. The molecule has 0 radical (unpaired) electrons. The summed E-state index contributed by atoms with van der Waals surface area (Å²) in [7, 11) is -3.80. The van der Waals surface area contributed by atoms with Crippen molar-refractivity contribution in [1.29, 1.82) is 0 Å². The minimum Gasteiger partial charge on any atom is -0.372 e. The maximum Gasteiger partial charge on any atom is 0.293 e. The molecule has 0 unspecified atom stereocenters. The molecule has 1 aromatic heterocycles. The lowest BCUT2D eigenvalue weighted by atomic mass is 10.5. The smallest absolute Gasteiger partial charge is 0.293 e. The fourth-order valence-electron chi connectivity index (χ4n) is 1.36. The van der Waals surface area contributed by atoms with E-state index in [4.69, 9.17) is 16.4 Å². The molecule has 2 heterocycles. The normalized spacial score (nSPS) is 21.1. The van der Waals surface area contributed by atoms with Crippen molar-refractivity contribution in [2.24, 2.45) is 4.99 Å². The molecule has 1 atom stereocenters. The van der Waals surface area contributed by atoms with Gasteiger partial charge in [-0.2, -0.15) is 0 Å². The number of aromatic nitrogens is 1. The molecule has 8 heteroatoms. The van der Waals surface area contributed by atoms with Gasteiger partial charge in [-0.05, 0) is 23.5 Å². The zero-order valence-corrected chi connectivity index (χ0v) is 10.5. The van der Waals surface area contributed by atoms with Crippen LogP contribution in [-0.2, 0) is 14.9 Å². The minimum absolute atomic E-state index is 0.0264. The average molecular weight is 276 g/mol. The molecule has 0 aliphatic carbocycles. The van der Waals surface area contributed by atoms with E-state index in [1.807, 2.05) is 0 Å². The highest BCUT2D eigenvalue weighted by Gasteiger charge is 2.37. The highest BCUT2D eigenvalue weighted by Crippen LogP contribution is 2.22. The second kappa shape index (κ2) is 4.59. The number of aliphatic imine (C=N–C) groups is 1. The van der Waals surface area contributed by atoms with E-state index in [0.717, 1.165) is 4.47 Å². The van der Waals surface area contributed by atoms with Crippen LogP contribution in [0.1, 0.15) is 6.92 Å². The molecule has 0 N–H and O–H groups in total. The molecule has 17 heavy (non-hydrogen) atoms. The molecule has 0 fully saturated rings. The number of sulfonamides is 1. The number of hydrogen-bond acceptors (Lipinski definition) is 5. The number of nitrogens with zero attached hydrogens (tertiary/aromatic N) is 3. The van der Waals surface area contributed by atoms with Crippen LogP contribution < -0.4 is 0 Å². The maximum atomic E-state index is 12.1. The van der Waals surface area contributed by atoms with Gasteiger partial charge in [0, 0.05) is 6.20 Å². The van der Waals surface area contributed by atoms with Crippen LogP contribution >= 0.6 is 11.6 Å². The topological polar surface area (TPSA) is 71.9 Å². The van der Waals surface area contributed by atoms with Gasteiger partial charge in [0.25, 0.3) is 10.0 Å². The van der Waals surface area contributed by atoms with Crippen LogP contribution in [0.5, 0.6) is 0 Å². The van der Waals surface area contributed by atoms with Crippen molar-refractivity contribution >= 4 is 27.5 Å². The zero-order chi connectivity index (χ0) is 12.5. The monoisotopic (exact) mass is 275 g/mol. The molecular weight excluding hydrogens is 266 g/mol. The molecule has 0 bridgehead atoms. The largest absolute Gasteiger partial charge is 0.372 e. The van der Waals surface area contributed by atoms with Gasteiger partial charge in [0.2, 0.25) is 5.90 Å². The molecule has 0 saturated carbocycles. The van der Waals surface area contributed by atoms with E-state index in [9.17, 15) is 8.42 Å². The Kier molecular flexibility index (Phi) is 3.32. The first-order chi connectivity index (χ1) is 8.05. The van der Waals surface area contributed by atoms with Gasteiger partial charge in [-0.25, -0.2) is 18.4 Å². The third-order valence-corrected chi connectivity index (χ3v) is 3.94. The molecule has 0 amide bonds. The summed E-state index contributed by atoms with van der Waals surface area (Å²) in [6.07, 6.45) is 0.757. The summed E-state index contributed by atoms with van der Waals surface area (Å²) in [6.45, 7) is 1.60. The number of halogens is 1. The van der Waals surface area contributed by atoms with Crippen molar-refractivity contribution in [3.8, 4) is 0 Å². The van der Waals surface area contributed by atoms with Crippen molar-refractivity contribution in [3.05, 3.63) is 24.4 Å². The molecule has 1 aromatic rings. The van der Waals surface area contributed by atoms with Crippen molar-refractivity contribution in [1.82, 2.24) is 9.45 Å². The fourth-order valence-corrected chi connectivity index (χ4v) is 2.74. The number of rotatable bonds is 3. The van der Waals surface area contributed by atoms with E-state index in [2.05, 4.69) is 9.98 Å². The highest BCUT2D eigenvalue weighted by atomic mass is 35.5. The van der Waals surface area contributed by atoms with Gasteiger partial charge in [-0.1, -0.05) is 6.07 Å². The van der Waals surface area contributed by atoms with Crippen LogP contribution in [0.3, 0.4) is 0 Å². The Morgan fingerprint density at radius 1 is 1.53 bits per heavy atom. The molecule has 92 valence electrons. The van der Waals surface area contributed by atoms with Gasteiger partial charge in [0.15, 0.2) is 11.2 Å². The van der Waals surface area contributed by atoms with Gasteiger partial charge in [-0.15, -0.1) is 11.6 Å². The summed E-state index contributed by atoms with van der Waals surface area (Å²) < 4.78 is 25.1. The van der Waals surface area contributed by atoms with Crippen LogP contribution in [0.25, 0.3) is 0 Å². The van der Waals surface area contributed by atoms with Crippen LogP contribution in [0.15, 0.2) is 34.4 Å². The van der Waals surface area contributed by atoms with Crippen LogP contribution in [-0.4, -0.2) is 35.8 Å². The Labute approximate surface area is 104 Å². The Hall–Kier alpha value is -1.18. The first-order valence-electron chi connectivity index (χ1n) is 4.82. The summed E-state index contributed by atoms with van der Waals surface area (Å²) in [6, 6.07) is 4.61. The summed E-state index contributed by atoms with van der Waals surface area (Å²) >= 11 is 5.54. The lowest BCUT2D eigenvalue weighted by Gasteiger charge is -2.17. The third-order valence-electron chi connectivity index (χ3n) is 2.08. The quantitative estimate of drug-likeness (QED) is 0.772. The second-order valence-corrected chi connectivity index (χ2v) is 5.30. The van der Waals surface area contributed by atoms with Crippen molar-refractivity contribution in [2.45, 2.75) is 18.1 Å². The van der Waals surface area contributed by atoms with Crippen molar-refractivity contribution in [2.75, 3.05) is 5.88 Å². The summed E-state index contributed by atoms with van der Waals surface area (Å²) in [5.41, 5.74) is 0. The number of hydroxylamine groups is 1. The first-order valence-corrected chi connectivity index (χ1v) is 6.79. The lowest BCUT2D eigenvalue weighted by molar-refractivity contribution is 0.0175. The minimum atomic E-state index is -3.80. The van der Waals surface area contributed by atoms with Gasteiger partial charge >= 0.3 is 0 Å². The van der Waals surface area contributed by atoms with Gasteiger partial charge in [0.05, 0.1) is 0 Å². The molecule has 0 spiro atoms. The number of pyridine rings is 1. The molecule has 6 nitrogen and oxygen atoms in total. The van der Waals surface area contributed by atoms with E-state index in [1.165, 1.54) is 12.3 Å². The van der Waals surface area contributed by atoms with Gasteiger partial charge < -0.3 is 4.84 Å². The standard InChI is InChI=1S/C9H10ClN3O3S/c1-7-12-8(6-10)16-13(7)17(14,15)9-4-2-3-5-11-9/h2-5,7H,6H2,1H3/t7-/m1/s1. The summed E-state index contributed by atoms with van der Waals surface area (Å²) in [4.78, 5) is 12.8. The summed E-state index contributed by atoms with van der Waals surface area (Å²) in [5.74, 6) is 0.206. The van der Waals surface area contributed by atoms with Gasteiger partial charge in [-0.3, -0.25) is 0 Å². The summed E-state index contributed by atoms with van der Waals surface area (Å²) in [5, 5.41) is -0.0853. The van der Waals surface area contributed by atoms with Crippen molar-refractivity contribution < 1.29 is 13.3 Å². The zero-order valence-electron chi connectivity index (χ0n) is 8.95. The van der Waals surface area contributed by atoms with E-state index in [0.29, 0.717) is 0 Å². The Bertz CT molecular complexity index is 532. The first kappa shape index (κ1) is 12.3. The van der Waals surface area contributed by atoms with Crippen LogP contribution in [0, 0.1) is 0 Å².